The molecule has 1 heterocycles. The van der Waals surface area contributed by atoms with Gasteiger partial charge in [-0.05, 0) is 30.6 Å². The molecule has 1 aliphatic heterocycles. The molecule has 1 fully saturated rings. The van der Waals surface area contributed by atoms with Crippen LogP contribution in [0.1, 0.15) is 39.5 Å². The van der Waals surface area contributed by atoms with Crippen molar-refractivity contribution in [2.24, 2.45) is 22.7 Å². The molecule has 1 aliphatic carbocycles. The first kappa shape index (κ1) is 12.3. The maximum Gasteiger partial charge on any atom is 0.156 e. The molecule has 0 spiro atoms. The number of thioether (sulfide) groups is 1. The van der Waals surface area contributed by atoms with Gasteiger partial charge in [-0.25, -0.2) is 0 Å². The summed E-state index contributed by atoms with van der Waals surface area (Å²) in [5.74, 6) is 3.83. The normalized spacial score (nSPS) is 35.6. The van der Waals surface area contributed by atoms with Gasteiger partial charge in [-0.15, -0.1) is 0 Å². The van der Waals surface area contributed by atoms with Gasteiger partial charge in [-0.1, -0.05) is 38.5 Å². The number of nitrogens with zero attached hydrogens (tertiary/aromatic N) is 1. The highest BCUT2D eigenvalue weighted by Gasteiger charge is 2.19. The lowest BCUT2D eigenvalue weighted by Gasteiger charge is -2.27. The second-order valence-corrected chi connectivity index (χ2v) is 6.58. The molecule has 92 valence electrons. The molecular weight excluding hydrogens is 216 g/mol. The molecule has 0 bridgehead atoms. The Kier molecular flexibility index (Phi) is 4.56. The van der Waals surface area contributed by atoms with Crippen LogP contribution in [-0.2, 0) is 0 Å². The molecule has 1 N–H and O–H groups in total. The Morgan fingerprint density at radius 1 is 1.19 bits per heavy atom. The number of rotatable bonds is 2. The van der Waals surface area contributed by atoms with Crippen molar-refractivity contribution in [3.05, 3.63) is 0 Å². The molecule has 1 saturated carbocycles. The van der Waals surface area contributed by atoms with Gasteiger partial charge in [0, 0.05) is 18.8 Å². The quantitative estimate of drug-likeness (QED) is 0.802. The van der Waals surface area contributed by atoms with Crippen molar-refractivity contribution < 1.29 is 0 Å². The van der Waals surface area contributed by atoms with Gasteiger partial charge in [0.1, 0.15) is 0 Å². The highest BCUT2D eigenvalue weighted by atomic mass is 32.2. The third-order valence-corrected chi connectivity index (χ3v) is 5.01. The van der Waals surface area contributed by atoms with Crippen LogP contribution in [-0.4, -0.2) is 24.0 Å². The second-order valence-electron chi connectivity index (χ2n) is 5.57. The van der Waals surface area contributed by atoms with E-state index in [9.17, 15) is 0 Å². The lowest BCUT2D eigenvalue weighted by molar-refractivity contribution is 0.290. The van der Waals surface area contributed by atoms with E-state index in [4.69, 9.17) is 0 Å². The van der Waals surface area contributed by atoms with Crippen LogP contribution in [0.3, 0.4) is 0 Å². The van der Waals surface area contributed by atoms with Crippen LogP contribution in [0.2, 0.25) is 0 Å². The predicted octanol–water partition coefficient (Wildman–Crippen LogP) is 3.14. The van der Waals surface area contributed by atoms with E-state index in [0.29, 0.717) is 0 Å². The zero-order chi connectivity index (χ0) is 11.4. The SMILES string of the molecule is CC1CCC(CNC2=NCC(C)CS2)CC1. The minimum atomic E-state index is 0.756. The van der Waals surface area contributed by atoms with E-state index >= 15 is 0 Å². The van der Waals surface area contributed by atoms with Gasteiger partial charge in [0.05, 0.1) is 0 Å². The van der Waals surface area contributed by atoms with E-state index < -0.39 is 0 Å². The molecule has 0 aromatic heterocycles. The van der Waals surface area contributed by atoms with Gasteiger partial charge in [0.15, 0.2) is 5.17 Å². The fraction of sp³-hybridized carbons (Fsp3) is 0.923. The summed E-state index contributed by atoms with van der Waals surface area (Å²) in [4.78, 5) is 4.58. The van der Waals surface area contributed by atoms with Crippen LogP contribution in [0, 0.1) is 17.8 Å². The average Bonchev–Trinajstić information content (AvgIpc) is 2.30. The van der Waals surface area contributed by atoms with Gasteiger partial charge in [-0.2, -0.15) is 0 Å². The van der Waals surface area contributed by atoms with Crippen molar-refractivity contribution in [1.82, 2.24) is 5.32 Å². The summed E-state index contributed by atoms with van der Waals surface area (Å²) in [5, 5.41) is 4.73. The van der Waals surface area contributed by atoms with E-state index in [-0.39, 0.29) is 0 Å². The fourth-order valence-corrected chi connectivity index (χ4v) is 3.33. The Morgan fingerprint density at radius 2 is 1.94 bits per heavy atom. The zero-order valence-electron chi connectivity index (χ0n) is 10.5. The number of hydrogen-bond acceptors (Lipinski definition) is 3. The van der Waals surface area contributed by atoms with Gasteiger partial charge < -0.3 is 5.32 Å². The van der Waals surface area contributed by atoms with Crippen LogP contribution in [0.4, 0.5) is 0 Å². The molecule has 2 nitrogen and oxygen atoms in total. The summed E-state index contributed by atoms with van der Waals surface area (Å²) in [6.07, 6.45) is 5.65. The summed E-state index contributed by atoms with van der Waals surface area (Å²) in [7, 11) is 0. The van der Waals surface area contributed by atoms with Crippen molar-refractivity contribution in [1.29, 1.82) is 0 Å². The average molecular weight is 240 g/mol. The van der Waals surface area contributed by atoms with Crippen LogP contribution < -0.4 is 5.32 Å². The van der Waals surface area contributed by atoms with Gasteiger partial charge in [0.2, 0.25) is 0 Å². The standard InChI is InChI=1S/C13H24N2S/c1-10-3-5-12(6-4-10)8-15-13-14-7-11(2)9-16-13/h10-12H,3-9H2,1-2H3,(H,14,15). The first-order valence-corrected chi connectivity index (χ1v) is 7.63. The Bertz CT molecular complexity index is 244. The second kappa shape index (κ2) is 5.95. The summed E-state index contributed by atoms with van der Waals surface area (Å²) in [6, 6.07) is 0. The first-order chi connectivity index (χ1) is 7.74. The summed E-state index contributed by atoms with van der Waals surface area (Å²) >= 11 is 1.90. The molecule has 16 heavy (non-hydrogen) atoms. The van der Waals surface area contributed by atoms with Crippen molar-refractivity contribution >= 4 is 16.9 Å². The van der Waals surface area contributed by atoms with E-state index in [1.807, 2.05) is 11.8 Å². The lowest BCUT2D eigenvalue weighted by Crippen LogP contribution is -2.32. The zero-order valence-corrected chi connectivity index (χ0v) is 11.4. The molecular formula is C13H24N2S. The molecule has 1 unspecified atom stereocenters. The smallest absolute Gasteiger partial charge is 0.156 e. The Hall–Kier alpha value is -0.180. The third-order valence-electron chi connectivity index (χ3n) is 3.73. The fourth-order valence-electron chi connectivity index (χ4n) is 2.43. The molecule has 0 aromatic carbocycles. The molecule has 0 radical (unpaired) electrons. The first-order valence-electron chi connectivity index (χ1n) is 6.65. The lowest BCUT2D eigenvalue weighted by atomic mass is 9.83. The van der Waals surface area contributed by atoms with Crippen molar-refractivity contribution in [3.8, 4) is 0 Å². The van der Waals surface area contributed by atoms with E-state index in [1.54, 1.807) is 0 Å². The number of amidine groups is 1. The number of hydrogen-bond donors (Lipinski definition) is 1. The number of aliphatic imine (C=N–C) groups is 1. The molecule has 0 saturated heterocycles. The molecule has 2 rings (SSSR count). The minimum Gasteiger partial charge on any atom is -0.365 e. The van der Waals surface area contributed by atoms with E-state index in [2.05, 4.69) is 24.2 Å². The minimum absolute atomic E-state index is 0.756. The highest BCUT2D eigenvalue weighted by molar-refractivity contribution is 8.13. The Morgan fingerprint density at radius 3 is 2.56 bits per heavy atom. The molecule has 3 heteroatoms. The predicted molar refractivity (Wildman–Crippen MR) is 73.0 cm³/mol. The monoisotopic (exact) mass is 240 g/mol. The van der Waals surface area contributed by atoms with Gasteiger partial charge in [0.25, 0.3) is 0 Å². The number of nitrogens with one attached hydrogen (secondary N) is 1. The van der Waals surface area contributed by atoms with Crippen molar-refractivity contribution in [3.63, 3.8) is 0 Å². The summed E-state index contributed by atoms with van der Waals surface area (Å²) < 4.78 is 0. The summed E-state index contributed by atoms with van der Waals surface area (Å²) in [6.45, 7) is 6.81. The van der Waals surface area contributed by atoms with Gasteiger partial charge >= 0.3 is 0 Å². The largest absolute Gasteiger partial charge is 0.365 e. The van der Waals surface area contributed by atoms with Crippen molar-refractivity contribution in [2.45, 2.75) is 39.5 Å². The maximum atomic E-state index is 4.58. The highest BCUT2D eigenvalue weighted by Crippen LogP contribution is 2.28. The van der Waals surface area contributed by atoms with Crippen LogP contribution in [0.5, 0.6) is 0 Å². The third kappa shape index (κ3) is 3.69. The molecule has 2 aliphatic rings. The van der Waals surface area contributed by atoms with Crippen LogP contribution >= 0.6 is 11.8 Å². The van der Waals surface area contributed by atoms with E-state index in [0.717, 1.165) is 30.8 Å². The topological polar surface area (TPSA) is 24.4 Å². The van der Waals surface area contributed by atoms with Gasteiger partial charge in [-0.3, -0.25) is 4.99 Å². The summed E-state index contributed by atoms with van der Waals surface area (Å²) in [5.41, 5.74) is 0. The maximum absolute atomic E-state index is 4.58. The molecule has 1 atom stereocenters. The molecule has 0 amide bonds. The Balaban J connectivity index is 1.67. The Labute approximate surface area is 104 Å². The van der Waals surface area contributed by atoms with E-state index in [1.165, 1.54) is 36.6 Å². The van der Waals surface area contributed by atoms with Crippen LogP contribution in [0.15, 0.2) is 4.99 Å². The molecule has 0 aromatic rings. The van der Waals surface area contributed by atoms with Crippen LogP contribution in [0.25, 0.3) is 0 Å². The van der Waals surface area contributed by atoms with Crippen molar-refractivity contribution in [2.75, 3.05) is 18.8 Å².